The Balaban J connectivity index is 1.91. The molecule has 0 saturated carbocycles. The first kappa shape index (κ1) is 21.9. The van der Waals surface area contributed by atoms with Crippen LogP contribution in [0.3, 0.4) is 0 Å². The van der Waals surface area contributed by atoms with Gasteiger partial charge in [-0.05, 0) is 36.5 Å². The van der Waals surface area contributed by atoms with Crippen LogP contribution in [0.4, 0.5) is 0 Å². The van der Waals surface area contributed by atoms with Crippen molar-refractivity contribution in [2.75, 3.05) is 6.61 Å². The first-order chi connectivity index (χ1) is 13.2. The molecule has 0 bridgehead atoms. The summed E-state index contributed by atoms with van der Waals surface area (Å²) in [5.74, 6) is -0.242. The molecule has 0 saturated heterocycles. The van der Waals surface area contributed by atoms with E-state index in [1.165, 1.54) is 0 Å². The molecule has 152 valence electrons. The quantitative estimate of drug-likeness (QED) is 0.528. The highest BCUT2D eigenvalue weighted by atomic mass is 32.2. The molecule has 0 aliphatic heterocycles. The van der Waals surface area contributed by atoms with Gasteiger partial charge in [-0.1, -0.05) is 51.6 Å². The Morgan fingerprint density at radius 2 is 1.86 bits per heavy atom. The molecule has 0 fully saturated rings. The number of nitrogens with zero attached hydrogens (tertiary/aromatic N) is 2. The maximum atomic E-state index is 12.3. The second-order valence-corrected chi connectivity index (χ2v) is 8.39. The lowest BCUT2D eigenvalue weighted by Crippen LogP contribution is -2.23. The molecule has 2 aromatic rings. The standard InChI is InChI=1S/C20H27N3O4S/c1-6-15(18(25)26-7-2)28-19-23-22-16(27-19)12-21-17(24)13-8-10-14(11-9-13)20(3,4)5/h8-11,15H,6-7,12H2,1-5H3,(H,21,24)/t15-/m0/s1. The second-order valence-electron chi connectivity index (χ2n) is 7.24. The number of nitrogens with one attached hydrogen (secondary N) is 1. The van der Waals surface area contributed by atoms with E-state index in [0.717, 1.165) is 17.3 Å². The number of carbonyl (C=O) groups excluding carboxylic acids is 2. The van der Waals surface area contributed by atoms with Gasteiger partial charge in [0.05, 0.1) is 13.2 Å². The fourth-order valence-corrected chi connectivity index (χ4v) is 3.20. The lowest BCUT2D eigenvalue weighted by molar-refractivity contribution is -0.142. The van der Waals surface area contributed by atoms with Crippen LogP contribution in [0, 0.1) is 0 Å². The van der Waals surface area contributed by atoms with E-state index in [2.05, 4.69) is 36.3 Å². The predicted molar refractivity (Wildman–Crippen MR) is 107 cm³/mol. The Labute approximate surface area is 169 Å². The summed E-state index contributed by atoms with van der Waals surface area (Å²) in [7, 11) is 0. The molecule has 1 amide bonds. The molecule has 8 heteroatoms. The van der Waals surface area contributed by atoms with Gasteiger partial charge in [0.1, 0.15) is 5.25 Å². The minimum Gasteiger partial charge on any atom is -0.465 e. The average Bonchev–Trinajstić information content (AvgIpc) is 3.11. The highest BCUT2D eigenvalue weighted by Crippen LogP contribution is 2.25. The van der Waals surface area contributed by atoms with Crippen LogP contribution in [0.5, 0.6) is 0 Å². The van der Waals surface area contributed by atoms with E-state index in [4.69, 9.17) is 9.15 Å². The number of thioether (sulfide) groups is 1. The van der Waals surface area contributed by atoms with Crippen LogP contribution in [-0.2, 0) is 21.5 Å². The van der Waals surface area contributed by atoms with E-state index in [9.17, 15) is 9.59 Å². The molecule has 2 rings (SSSR count). The normalized spacial score (nSPS) is 12.5. The minimum atomic E-state index is -0.399. The van der Waals surface area contributed by atoms with Gasteiger partial charge in [0.15, 0.2) is 0 Å². The van der Waals surface area contributed by atoms with Gasteiger partial charge >= 0.3 is 5.97 Å². The Bertz CT molecular complexity index is 797. The summed E-state index contributed by atoms with van der Waals surface area (Å²) in [6.45, 7) is 10.5. The Hall–Kier alpha value is -2.35. The van der Waals surface area contributed by atoms with Crippen LogP contribution in [0.2, 0.25) is 0 Å². The first-order valence-electron chi connectivity index (χ1n) is 9.29. The van der Waals surface area contributed by atoms with Crippen molar-refractivity contribution in [2.45, 2.75) is 63.5 Å². The third-order valence-corrected chi connectivity index (χ3v) is 5.20. The number of carbonyl (C=O) groups is 2. The summed E-state index contributed by atoms with van der Waals surface area (Å²) in [5.41, 5.74) is 1.76. The number of hydrogen-bond acceptors (Lipinski definition) is 7. The Kier molecular flexibility index (Phi) is 7.62. The van der Waals surface area contributed by atoms with Crippen LogP contribution in [0.15, 0.2) is 33.9 Å². The summed E-state index contributed by atoms with van der Waals surface area (Å²) in [5, 5.41) is 10.5. The molecule has 0 radical (unpaired) electrons. The van der Waals surface area contributed by atoms with Gasteiger partial charge in [0.2, 0.25) is 5.89 Å². The highest BCUT2D eigenvalue weighted by molar-refractivity contribution is 8.00. The van der Waals surface area contributed by atoms with Crippen molar-refractivity contribution >= 4 is 23.6 Å². The summed E-state index contributed by atoms with van der Waals surface area (Å²) in [6, 6.07) is 7.51. The Morgan fingerprint density at radius 3 is 2.43 bits per heavy atom. The summed E-state index contributed by atoms with van der Waals surface area (Å²) >= 11 is 1.16. The number of esters is 1. The highest BCUT2D eigenvalue weighted by Gasteiger charge is 2.22. The largest absolute Gasteiger partial charge is 0.465 e. The molecule has 1 heterocycles. The molecule has 0 spiro atoms. The first-order valence-corrected chi connectivity index (χ1v) is 10.2. The van der Waals surface area contributed by atoms with Crippen molar-refractivity contribution in [3.05, 3.63) is 41.3 Å². The summed E-state index contributed by atoms with van der Waals surface area (Å²) in [6.07, 6.45) is 0.586. The molecule has 1 N–H and O–H groups in total. The fraction of sp³-hybridized carbons (Fsp3) is 0.500. The number of benzene rings is 1. The SMILES string of the molecule is CCOC(=O)[C@H](CC)Sc1nnc(CNC(=O)c2ccc(C(C)(C)C)cc2)o1. The molecule has 1 aromatic heterocycles. The van der Waals surface area contributed by atoms with E-state index in [0.29, 0.717) is 18.6 Å². The molecule has 1 atom stereocenters. The van der Waals surface area contributed by atoms with Crippen LogP contribution < -0.4 is 5.32 Å². The number of rotatable bonds is 8. The number of aromatic nitrogens is 2. The monoisotopic (exact) mass is 405 g/mol. The number of amides is 1. The molecule has 0 aliphatic carbocycles. The van der Waals surface area contributed by atoms with Crippen molar-refractivity contribution in [3.63, 3.8) is 0 Å². The second kappa shape index (κ2) is 9.73. The predicted octanol–water partition coefficient (Wildman–Crippen LogP) is 3.73. The van der Waals surface area contributed by atoms with Crippen LogP contribution in [0.1, 0.15) is 62.9 Å². The van der Waals surface area contributed by atoms with Crippen molar-refractivity contribution in [1.82, 2.24) is 15.5 Å². The van der Waals surface area contributed by atoms with Gasteiger partial charge in [-0.25, -0.2) is 0 Å². The summed E-state index contributed by atoms with van der Waals surface area (Å²) < 4.78 is 10.5. The third-order valence-electron chi connectivity index (χ3n) is 4.02. The lowest BCUT2D eigenvalue weighted by Gasteiger charge is -2.18. The van der Waals surface area contributed by atoms with Crippen molar-refractivity contribution in [3.8, 4) is 0 Å². The molecule has 0 unspecified atom stereocenters. The van der Waals surface area contributed by atoms with Crippen LogP contribution in [-0.4, -0.2) is 33.9 Å². The average molecular weight is 406 g/mol. The van der Waals surface area contributed by atoms with Gasteiger partial charge in [-0.15, -0.1) is 10.2 Å². The van der Waals surface area contributed by atoms with Gasteiger partial charge in [-0.3, -0.25) is 9.59 Å². The van der Waals surface area contributed by atoms with Crippen LogP contribution in [0.25, 0.3) is 0 Å². The zero-order valence-electron chi connectivity index (χ0n) is 16.9. The minimum absolute atomic E-state index is 0.0345. The van der Waals surface area contributed by atoms with E-state index >= 15 is 0 Å². The van der Waals surface area contributed by atoms with E-state index in [1.54, 1.807) is 19.1 Å². The topological polar surface area (TPSA) is 94.3 Å². The smallest absolute Gasteiger partial charge is 0.319 e. The zero-order valence-corrected chi connectivity index (χ0v) is 17.8. The van der Waals surface area contributed by atoms with Gasteiger partial charge in [0.25, 0.3) is 11.1 Å². The molecule has 1 aromatic carbocycles. The lowest BCUT2D eigenvalue weighted by atomic mass is 9.87. The molecular formula is C20H27N3O4S. The molecule has 0 aliphatic rings. The van der Waals surface area contributed by atoms with Gasteiger partial charge in [-0.2, -0.15) is 0 Å². The van der Waals surface area contributed by atoms with Crippen LogP contribution >= 0.6 is 11.8 Å². The van der Waals surface area contributed by atoms with E-state index < -0.39 is 5.25 Å². The molecular weight excluding hydrogens is 378 g/mol. The number of hydrogen-bond donors (Lipinski definition) is 1. The fourth-order valence-electron chi connectivity index (χ4n) is 2.39. The Morgan fingerprint density at radius 1 is 1.18 bits per heavy atom. The number of ether oxygens (including phenoxy) is 1. The third kappa shape index (κ3) is 6.09. The molecule has 7 nitrogen and oxygen atoms in total. The zero-order chi connectivity index (χ0) is 20.7. The van der Waals surface area contributed by atoms with Crippen molar-refractivity contribution < 1.29 is 18.7 Å². The molecule has 28 heavy (non-hydrogen) atoms. The van der Waals surface area contributed by atoms with Crippen molar-refractivity contribution in [1.29, 1.82) is 0 Å². The van der Waals surface area contributed by atoms with E-state index in [1.807, 2.05) is 19.1 Å². The maximum Gasteiger partial charge on any atom is 0.319 e. The maximum absolute atomic E-state index is 12.3. The van der Waals surface area contributed by atoms with E-state index in [-0.39, 0.29) is 34.9 Å². The van der Waals surface area contributed by atoms with Gasteiger partial charge < -0.3 is 14.5 Å². The van der Waals surface area contributed by atoms with Crippen molar-refractivity contribution in [2.24, 2.45) is 0 Å². The summed E-state index contributed by atoms with van der Waals surface area (Å²) in [4.78, 5) is 24.2. The van der Waals surface area contributed by atoms with Gasteiger partial charge in [0, 0.05) is 5.56 Å².